The van der Waals surface area contributed by atoms with E-state index in [0.717, 1.165) is 22.2 Å². The number of ether oxygens (including phenoxy) is 2. The van der Waals surface area contributed by atoms with Crippen molar-refractivity contribution in [3.05, 3.63) is 30.0 Å². The van der Waals surface area contributed by atoms with Crippen molar-refractivity contribution in [2.75, 3.05) is 20.8 Å². The van der Waals surface area contributed by atoms with Crippen LogP contribution in [0.3, 0.4) is 0 Å². The van der Waals surface area contributed by atoms with Crippen molar-refractivity contribution in [2.24, 2.45) is 5.73 Å². The van der Waals surface area contributed by atoms with Gasteiger partial charge >= 0.3 is 5.97 Å². The third-order valence-electron chi connectivity index (χ3n) is 3.38. The van der Waals surface area contributed by atoms with Gasteiger partial charge in [0, 0.05) is 17.1 Å². The Hall–Kier alpha value is -2.54. The molecule has 2 aromatic rings. The van der Waals surface area contributed by atoms with Crippen molar-refractivity contribution in [3.63, 3.8) is 0 Å². The number of benzene rings is 1. The van der Waals surface area contributed by atoms with Crippen LogP contribution in [0, 0.1) is 0 Å². The van der Waals surface area contributed by atoms with E-state index < -0.39 is 17.9 Å². The van der Waals surface area contributed by atoms with Crippen LogP contribution in [0.1, 0.15) is 5.56 Å². The Morgan fingerprint density at radius 3 is 2.82 bits per heavy atom. The number of hydrogen-bond acceptors (Lipinski definition) is 5. The number of aromatic amines is 1. The van der Waals surface area contributed by atoms with Crippen molar-refractivity contribution in [1.29, 1.82) is 0 Å². The number of amides is 1. The SMILES string of the molecule is COC(=O)CNC(=O)[C@@H](N)Cc1c[nH]c2cccc(OC)c12. The largest absolute Gasteiger partial charge is 0.496 e. The third kappa shape index (κ3) is 3.37. The Labute approximate surface area is 127 Å². The molecule has 118 valence electrons. The molecule has 4 N–H and O–H groups in total. The topological polar surface area (TPSA) is 106 Å². The number of nitrogens with two attached hydrogens (primary N) is 1. The summed E-state index contributed by atoms with van der Waals surface area (Å²) in [6.45, 7) is -0.194. The Morgan fingerprint density at radius 2 is 2.14 bits per heavy atom. The molecule has 1 amide bonds. The lowest BCUT2D eigenvalue weighted by Gasteiger charge is -2.12. The molecule has 1 aromatic heterocycles. The highest BCUT2D eigenvalue weighted by Crippen LogP contribution is 2.29. The zero-order valence-corrected chi connectivity index (χ0v) is 12.5. The van der Waals surface area contributed by atoms with Crippen LogP contribution in [0.15, 0.2) is 24.4 Å². The maximum absolute atomic E-state index is 11.9. The van der Waals surface area contributed by atoms with Crippen LogP contribution in [-0.2, 0) is 20.7 Å². The van der Waals surface area contributed by atoms with E-state index in [1.165, 1.54) is 7.11 Å². The predicted octanol–water partition coefficient (Wildman–Crippen LogP) is 0.336. The van der Waals surface area contributed by atoms with Crippen molar-refractivity contribution < 1.29 is 19.1 Å². The second-order valence-electron chi connectivity index (χ2n) is 4.80. The number of hydrogen-bond donors (Lipinski definition) is 3. The lowest BCUT2D eigenvalue weighted by Crippen LogP contribution is -2.44. The molecule has 0 unspecified atom stereocenters. The van der Waals surface area contributed by atoms with E-state index in [4.69, 9.17) is 10.5 Å². The summed E-state index contributed by atoms with van der Waals surface area (Å²) in [5.41, 5.74) is 7.70. The molecule has 2 rings (SSSR count). The summed E-state index contributed by atoms with van der Waals surface area (Å²) < 4.78 is 9.80. The van der Waals surface area contributed by atoms with Gasteiger partial charge in [0.2, 0.25) is 5.91 Å². The maximum atomic E-state index is 11.9. The van der Waals surface area contributed by atoms with Gasteiger partial charge in [-0.2, -0.15) is 0 Å². The molecule has 0 radical (unpaired) electrons. The fraction of sp³-hybridized carbons (Fsp3) is 0.333. The summed E-state index contributed by atoms with van der Waals surface area (Å²) in [7, 11) is 2.85. The van der Waals surface area contributed by atoms with Crippen LogP contribution in [0.25, 0.3) is 10.9 Å². The highest BCUT2D eigenvalue weighted by molar-refractivity contribution is 5.91. The van der Waals surface area contributed by atoms with Gasteiger partial charge in [0.15, 0.2) is 0 Å². The molecule has 0 aliphatic rings. The number of rotatable bonds is 6. The second-order valence-corrected chi connectivity index (χ2v) is 4.80. The minimum Gasteiger partial charge on any atom is -0.496 e. The van der Waals surface area contributed by atoms with Gasteiger partial charge in [-0.15, -0.1) is 0 Å². The van der Waals surface area contributed by atoms with Gasteiger partial charge in [0.25, 0.3) is 0 Å². The van der Waals surface area contributed by atoms with Crippen LogP contribution in [0.2, 0.25) is 0 Å². The summed E-state index contributed by atoms with van der Waals surface area (Å²) in [6, 6.07) is 4.88. The Balaban J connectivity index is 2.10. The first-order chi connectivity index (χ1) is 10.6. The molecule has 7 heteroatoms. The molecule has 0 aliphatic heterocycles. The summed E-state index contributed by atoms with van der Waals surface area (Å²) in [5, 5.41) is 3.35. The first kappa shape index (κ1) is 15.8. The van der Waals surface area contributed by atoms with Crippen LogP contribution in [0.5, 0.6) is 5.75 Å². The third-order valence-corrected chi connectivity index (χ3v) is 3.38. The minimum atomic E-state index is -0.770. The van der Waals surface area contributed by atoms with Gasteiger partial charge in [-0.1, -0.05) is 6.07 Å². The van der Waals surface area contributed by atoms with E-state index in [2.05, 4.69) is 15.0 Å². The Kier molecular flexibility index (Phi) is 5.00. The highest BCUT2D eigenvalue weighted by atomic mass is 16.5. The molecule has 1 atom stereocenters. The Bertz CT molecular complexity index is 680. The van der Waals surface area contributed by atoms with Crippen molar-refractivity contribution in [2.45, 2.75) is 12.5 Å². The van der Waals surface area contributed by atoms with Gasteiger partial charge in [-0.05, 0) is 24.1 Å². The second kappa shape index (κ2) is 6.95. The normalized spacial score (nSPS) is 12.0. The molecule has 22 heavy (non-hydrogen) atoms. The monoisotopic (exact) mass is 305 g/mol. The lowest BCUT2D eigenvalue weighted by atomic mass is 10.0. The molecule has 1 heterocycles. The zero-order valence-electron chi connectivity index (χ0n) is 12.5. The number of aromatic nitrogens is 1. The number of nitrogens with one attached hydrogen (secondary N) is 2. The number of esters is 1. The molecule has 0 bridgehead atoms. The van der Waals surface area contributed by atoms with Gasteiger partial charge in [0.05, 0.1) is 20.3 Å². The number of carbonyl (C=O) groups excluding carboxylic acids is 2. The molecule has 0 spiro atoms. The van der Waals surface area contributed by atoms with Gasteiger partial charge in [0.1, 0.15) is 12.3 Å². The summed E-state index contributed by atoms with van der Waals surface area (Å²) in [4.78, 5) is 26.0. The number of H-pyrrole nitrogens is 1. The van der Waals surface area contributed by atoms with Crippen molar-refractivity contribution in [3.8, 4) is 5.75 Å². The average molecular weight is 305 g/mol. The Morgan fingerprint density at radius 1 is 1.36 bits per heavy atom. The van der Waals surface area contributed by atoms with E-state index in [-0.39, 0.29) is 6.54 Å². The maximum Gasteiger partial charge on any atom is 0.325 e. The lowest BCUT2D eigenvalue weighted by molar-refractivity contribution is -0.141. The van der Waals surface area contributed by atoms with Crippen LogP contribution in [0.4, 0.5) is 0 Å². The summed E-state index contributed by atoms with van der Waals surface area (Å²) >= 11 is 0. The van der Waals surface area contributed by atoms with Gasteiger partial charge in [-0.3, -0.25) is 9.59 Å². The van der Waals surface area contributed by atoms with Crippen LogP contribution < -0.4 is 15.8 Å². The summed E-state index contributed by atoms with van der Waals surface area (Å²) in [5.74, 6) is -0.208. The van der Waals surface area contributed by atoms with Gasteiger partial charge < -0.3 is 25.5 Å². The fourth-order valence-electron chi connectivity index (χ4n) is 2.24. The smallest absolute Gasteiger partial charge is 0.325 e. The molecular formula is C15H19N3O4. The van der Waals surface area contributed by atoms with Crippen molar-refractivity contribution in [1.82, 2.24) is 10.3 Å². The molecule has 0 saturated carbocycles. The predicted molar refractivity (Wildman–Crippen MR) is 81.6 cm³/mol. The first-order valence-electron chi connectivity index (χ1n) is 6.80. The molecule has 0 fully saturated rings. The first-order valence-corrected chi connectivity index (χ1v) is 6.80. The molecule has 7 nitrogen and oxygen atoms in total. The van der Waals surface area contributed by atoms with E-state index in [1.54, 1.807) is 13.3 Å². The van der Waals surface area contributed by atoms with Gasteiger partial charge in [-0.25, -0.2) is 0 Å². The van der Waals surface area contributed by atoms with E-state index in [1.807, 2.05) is 18.2 Å². The standard InChI is InChI=1S/C15H19N3O4/c1-21-12-5-3-4-11-14(12)9(7-17-11)6-10(16)15(20)18-8-13(19)22-2/h3-5,7,10,17H,6,8,16H2,1-2H3,(H,18,20)/t10-/m0/s1. The zero-order chi connectivity index (χ0) is 16.1. The average Bonchev–Trinajstić information content (AvgIpc) is 2.95. The molecule has 0 aliphatic carbocycles. The number of methoxy groups -OCH3 is 2. The van der Waals surface area contributed by atoms with Crippen LogP contribution in [-0.4, -0.2) is 43.7 Å². The van der Waals surface area contributed by atoms with Crippen LogP contribution >= 0.6 is 0 Å². The van der Waals surface area contributed by atoms with E-state index in [0.29, 0.717) is 6.42 Å². The van der Waals surface area contributed by atoms with Crippen molar-refractivity contribution >= 4 is 22.8 Å². The van der Waals surface area contributed by atoms with E-state index >= 15 is 0 Å². The van der Waals surface area contributed by atoms with E-state index in [9.17, 15) is 9.59 Å². The highest BCUT2D eigenvalue weighted by Gasteiger charge is 2.18. The molecule has 1 aromatic carbocycles. The quantitative estimate of drug-likeness (QED) is 0.667. The molecule has 0 saturated heterocycles. The number of fused-ring (bicyclic) bond motifs is 1. The fourth-order valence-corrected chi connectivity index (χ4v) is 2.24. The molecular weight excluding hydrogens is 286 g/mol. The number of carbonyl (C=O) groups is 2. The summed E-state index contributed by atoms with van der Waals surface area (Å²) in [6.07, 6.45) is 2.13. The minimum absolute atomic E-state index is 0.194.